The van der Waals surface area contributed by atoms with Crippen molar-refractivity contribution in [3.8, 4) is 0 Å². The summed E-state index contributed by atoms with van der Waals surface area (Å²) in [6, 6.07) is 9.76. The maximum Gasteiger partial charge on any atom is 0.336 e. The van der Waals surface area contributed by atoms with E-state index in [-0.39, 0.29) is 12.0 Å². The lowest BCUT2D eigenvalue weighted by Crippen LogP contribution is -2.37. The first-order chi connectivity index (χ1) is 9.68. The molecule has 1 N–H and O–H groups in total. The fourth-order valence-corrected chi connectivity index (χ4v) is 3.73. The van der Waals surface area contributed by atoms with E-state index in [1.54, 1.807) is 0 Å². The quantitative estimate of drug-likeness (QED) is 0.779. The van der Waals surface area contributed by atoms with Gasteiger partial charge < -0.3 is 0 Å². The summed E-state index contributed by atoms with van der Waals surface area (Å²) >= 11 is 16.4. The topological polar surface area (TPSA) is 55.4 Å². The predicted molar refractivity (Wildman–Crippen MR) is 85.0 cm³/mol. The van der Waals surface area contributed by atoms with Crippen molar-refractivity contribution in [3.05, 3.63) is 35.9 Å². The Bertz CT molecular complexity index is 574. The molecule has 0 saturated heterocycles. The Morgan fingerprint density at radius 3 is 2.52 bits per heavy atom. The van der Waals surface area contributed by atoms with Gasteiger partial charge in [-0.15, -0.1) is 0 Å². The molecule has 1 aromatic rings. The molecule has 2 rings (SSSR count). The summed E-state index contributed by atoms with van der Waals surface area (Å²) in [7, 11) is -3.93. The van der Waals surface area contributed by atoms with E-state index in [1.807, 2.05) is 37.3 Å². The van der Waals surface area contributed by atoms with Gasteiger partial charge in [-0.3, -0.25) is 4.18 Å². The highest BCUT2D eigenvalue weighted by Crippen LogP contribution is 2.49. The van der Waals surface area contributed by atoms with Gasteiger partial charge in [-0.1, -0.05) is 65.1 Å². The molecule has 0 bridgehead atoms. The molecule has 0 aromatic heterocycles. The van der Waals surface area contributed by atoms with Crippen molar-refractivity contribution in [2.75, 3.05) is 6.61 Å². The van der Waals surface area contributed by atoms with Crippen LogP contribution in [0, 0.1) is 5.92 Å². The Morgan fingerprint density at radius 2 is 1.95 bits per heavy atom. The third-order valence-corrected chi connectivity index (χ3v) is 4.83. The van der Waals surface area contributed by atoms with Gasteiger partial charge in [0.05, 0.1) is 0 Å². The van der Waals surface area contributed by atoms with Gasteiger partial charge in [0.15, 0.2) is 0 Å². The molecule has 0 heterocycles. The maximum absolute atomic E-state index is 11.8. The van der Waals surface area contributed by atoms with Crippen LogP contribution in [0.2, 0.25) is 0 Å². The molecule has 1 unspecified atom stereocenters. The highest BCUT2D eigenvalue weighted by atomic mass is 35.6. The van der Waals surface area contributed by atoms with E-state index < -0.39 is 20.7 Å². The Hall–Kier alpha value is -0.0400. The summed E-state index contributed by atoms with van der Waals surface area (Å²) in [5, 5.41) is 0. The summed E-state index contributed by atoms with van der Waals surface area (Å²) in [4.78, 5) is 0. The van der Waals surface area contributed by atoms with Gasteiger partial charge in [-0.25, -0.2) is 0 Å². The number of alkyl halides is 3. The summed E-state index contributed by atoms with van der Waals surface area (Å²) in [6.45, 7) is 1.29. The first kappa shape index (κ1) is 17.3. The molecular formula is C13H16Cl3NO3S. The molecule has 0 aliphatic heterocycles. The van der Waals surface area contributed by atoms with Crippen LogP contribution >= 0.6 is 34.8 Å². The van der Waals surface area contributed by atoms with Crippen molar-refractivity contribution >= 4 is 45.1 Å². The number of hydrogen-bond acceptors (Lipinski definition) is 3. The lowest BCUT2D eigenvalue weighted by molar-refractivity contribution is 0.312. The van der Waals surface area contributed by atoms with Crippen LogP contribution in [0.4, 0.5) is 0 Å². The predicted octanol–water partition coefficient (Wildman–Crippen LogP) is 3.40. The fourth-order valence-electron chi connectivity index (χ4n) is 2.34. The van der Waals surface area contributed by atoms with Crippen LogP contribution < -0.4 is 4.72 Å². The molecule has 1 fully saturated rings. The first-order valence-corrected chi connectivity index (χ1v) is 9.00. The van der Waals surface area contributed by atoms with Gasteiger partial charge in [0.1, 0.15) is 6.61 Å². The Morgan fingerprint density at radius 1 is 1.33 bits per heavy atom. The smallest absolute Gasteiger partial charge is 0.254 e. The molecule has 1 aliphatic rings. The molecule has 4 nitrogen and oxygen atoms in total. The van der Waals surface area contributed by atoms with Gasteiger partial charge in [-0.2, -0.15) is 13.1 Å². The van der Waals surface area contributed by atoms with Gasteiger partial charge in [0, 0.05) is 6.04 Å². The minimum absolute atomic E-state index is 0.240. The van der Waals surface area contributed by atoms with Crippen LogP contribution in [0.15, 0.2) is 30.3 Å². The van der Waals surface area contributed by atoms with Crippen molar-refractivity contribution in [1.82, 2.24) is 4.72 Å². The lowest BCUT2D eigenvalue weighted by atomic mass is 10.1. The standard InChI is InChI=1S/C13H16Cl3NO3S/c1-9(17-21(18,19)20-8-13(14,15)16)11-7-12(11)10-5-3-2-4-6-10/h2-6,9,11-12,17H,7-8H2,1H3/t9?,11-,12-/m1/s1. The number of benzene rings is 1. The highest BCUT2D eigenvalue weighted by molar-refractivity contribution is 7.84. The van der Waals surface area contributed by atoms with E-state index in [0.29, 0.717) is 5.92 Å². The van der Waals surface area contributed by atoms with Crippen LogP contribution in [0.1, 0.15) is 24.8 Å². The average molecular weight is 373 g/mol. The molecule has 0 amide bonds. The van der Waals surface area contributed by atoms with Gasteiger partial charge in [-0.05, 0) is 30.7 Å². The van der Waals surface area contributed by atoms with Crippen LogP contribution in [0.25, 0.3) is 0 Å². The maximum atomic E-state index is 11.8. The van der Waals surface area contributed by atoms with E-state index >= 15 is 0 Å². The number of halogens is 3. The monoisotopic (exact) mass is 371 g/mol. The van der Waals surface area contributed by atoms with E-state index in [9.17, 15) is 8.42 Å². The molecule has 118 valence electrons. The third kappa shape index (κ3) is 5.58. The molecule has 8 heteroatoms. The van der Waals surface area contributed by atoms with Crippen molar-refractivity contribution < 1.29 is 12.6 Å². The molecular weight excluding hydrogens is 357 g/mol. The Balaban J connectivity index is 1.87. The highest BCUT2D eigenvalue weighted by Gasteiger charge is 2.43. The van der Waals surface area contributed by atoms with Crippen molar-refractivity contribution in [2.45, 2.75) is 29.1 Å². The van der Waals surface area contributed by atoms with Gasteiger partial charge >= 0.3 is 10.3 Å². The number of rotatable bonds is 6. The van der Waals surface area contributed by atoms with Crippen molar-refractivity contribution in [3.63, 3.8) is 0 Å². The first-order valence-electron chi connectivity index (χ1n) is 6.46. The number of nitrogens with one attached hydrogen (secondary N) is 1. The molecule has 1 saturated carbocycles. The second-order valence-electron chi connectivity index (χ2n) is 5.15. The fraction of sp³-hybridized carbons (Fsp3) is 0.538. The third-order valence-electron chi connectivity index (χ3n) is 3.42. The zero-order chi connectivity index (χ0) is 15.7. The molecule has 0 spiro atoms. The van der Waals surface area contributed by atoms with Gasteiger partial charge in [0.2, 0.25) is 3.79 Å². The Kier molecular flexibility index (Phi) is 5.45. The molecule has 1 aliphatic carbocycles. The van der Waals surface area contributed by atoms with Gasteiger partial charge in [0.25, 0.3) is 0 Å². The second kappa shape index (κ2) is 6.60. The molecule has 1 aromatic carbocycles. The summed E-state index contributed by atoms with van der Waals surface area (Å²) in [5.74, 6) is 0.621. The average Bonchev–Trinajstić information content (AvgIpc) is 3.17. The summed E-state index contributed by atoms with van der Waals surface area (Å²) in [5.41, 5.74) is 1.22. The normalized spacial score (nSPS) is 23.8. The van der Waals surface area contributed by atoms with Crippen LogP contribution in [0.3, 0.4) is 0 Å². The largest absolute Gasteiger partial charge is 0.336 e. The molecule has 0 radical (unpaired) electrons. The van der Waals surface area contributed by atoms with Crippen LogP contribution in [-0.2, 0) is 14.5 Å². The summed E-state index contributed by atoms with van der Waals surface area (Å²) in [6.07, 6.45) is 0.943. The minimum Gasteiger partial charge on any atom is -0.254 e. The van der Waals surface area contributed by atoms with Crippen molar-refractivity contribution in [2.24, 2.45) is 5.92 Å². The number of hydrogen-bond donors (Lipinski definition) is 1. The molecule has 3 atom stereocenters. The SMILES string of the molecule is CC(NS(=O)(=O)OCC(Cl)(Cl)Cl)[C@H]1C[C@@H]1c1ccccc1. The van der Waals surface area contributed by atoms with Crippen molar-refractivity contribution in [1.29, 1.82) is 0 Å². The van der Waals surface area contributed by atoms with E-state index in [0.717, 1.165) is 6.42 Å². The summed E-state index contributed by atoms with van der Waals surface area (Å²) < 4.78 is 28.9. The minimum atomic E-state index is -3.93. The van der Waals surface area contributed by atoms with E-state index in [1.165, 1.54) is 5.56 Å². The van der Waals surface area contributed by atoms with Crippen LogP contribution in [-0.4, -0.2) is 24.9 Å². The van der Waals surface area contributed by atoms with Crippen LogP contribution in [0.5, 0.6) is 0 Å². The second-order valence-corrected chi connectivity index (χ2v) is 9.05. The Labute approximate surface area is 140 Å². The molecule has 21 heavy (non-hydrogen) atoms. The lowest BCUT2D eigenvalue weighted by Gasteiger charge is -2.16. The zero-order valence-corrected chi connectivity index (χ0v) is 14.4. The van der Waals surface area contributed by atoms with E-state index in [4.69, 9.17) is 34.8 Å². The zero-order valence-electron chi connectivity index (χ0n) is 11.3. The van der Waals surface area contributed by atoms with E-state index in [2.05, 4.69) is 8.91 Å².